The highest BCUT2D eigenvalue weighted by Gasteiger charge is 2.31. The molecule has 1 aliphatic rings. The number of hydrogen-bond donors (Lipinski definition) is 1. The number of rotatable bonds is 2. The van der Waals surface area contributed by atoms with E-state index in [1.807, 2.05) is 0 Å². The molecule has 1 aliphatic heterocycles. The maximum absolute atomic E-state index is 10.7. The Labute approximate surface area is 62.3 Å². The Morgan fingerprint density at radius 2 is 2.40 bits per heavy atom. The van der Waals surface area contributed by atoms with E-state index in [0.29, 0.717) is 13.2 Å². The Kier molecular flexibility index (Phi) is 2.79. The van der Waals surface area contributed by atoms with E-state index in [1.54, 1.807) is 7.11 Å². The fourth-order valence-electron chi connectivity index (χ4n) is 0.951. The molecule has 2 N–H and O–H groups in total. The molecule has 0 aromatic carbocycles. The molecule has 5 heteroatoms. The second-order valence-corrected chi connectivity index (χ2v) is 3.44. The van der Waals surface area contributed by atoms with Crippen LogP contribution in [-0.2, 0) is 20.5 Å². The lowest BCUT2D eigenvalue weighted by molar-refractivity contribution is 0.0832. The number of methoxy groups -OCH3 is 1. The van der Waals surface area contributed by atoms with E-state index < -0.39 is 11.0 Å². The molecule has 4 nitrogen and oxygen atoms in total. The second-order valence-electron chi connectivity index (χ2n) is 2.18. The van der Waals surface area contributed by atoms with Crippen molar-refractivity contribution in [2.45, 2.75) is 11.4 Å². The largest absolute Gasteiger partial charge is 0.378 e. The highest BCUT2D eigenvalue weighted by atomic mass is 32.2. The summed E-state index contributed by atoms with van der Waals surface area (Å²) in [5, 5.41) is 5.03. The fraction of sp³-hybridized carbons (Fsp3) is 1.00. The molecule has 0 spiro atoms. The summed E-state index contributed by atoms with van der Waals surface area (Å²) in [6, 6.07) is 0. The summed E-state index contributed by atoms with van der Waals surface area (Å²) in [6.45, 7) is 0.950. The van der Waals surface area contributed by atoms with Crippen molar-refractivity contribution < 1.29 is 13.7 Å². The second kappa shape index (κ2) is 3.43. The van der Waals surface area contributed by atoms with Gasteiger partial charge in [-0.3, -0.25) is 5.14 Å². The Morgan fingerprint density at radius 1 is 1.70 bits per heavy atom. The monoisotopic (exact) mass is 165 g/mol. The molecule has 1 heterocycles. The predicted octanol–water partition coefficient (Wildman–Crippen LogP) is -0.977. The molecule has 0 radical (unpaired) electrons. The van der Waals surface area contributed by atoms with Crippen LogP contribution < -0.4 is 5.14 Å². The van der Waals surface area contributed by atoms with Gasteiger partial charge in [-0.25, -0.2) is 4.21 Å². The van der Waals surface area contributed by atoms with Crippen molar-refractivity contribution in [3.8, 4) is 0 Å². The molecule has 1 saturated heterocycles. The third-order valence-corrected chi connectivity index (χ3v) is 2.62. The molecule has 0 aromatic rings. The van der Waals surface area contributed by atoms with Crippen molar-refractivity contribution in [3.05, 3.63) is 0 Å². The van der Waals surface area contributed by atoms with Crippen molar-refractivity contribution >= 4 is 11.0 Å². The van der Waals surface area contributed by atoms with Gasteiger partial charge in [-0.15, -0.1) is 0 Å². The molecule has 0 aromatic heterocycles. The van der Waals surface area contributed by atoms with Gasteiger partial charge in [0.15, 0.2) is 0 Å². The Morgan fingerprint density at radius 3 is 2.80 bits per heavy atom. The summed E-state index contributed by atoms with van der Waals surface area (Å²) < 4.78 is 20.8. The summed E-state index contributed by atoms with van der Waals surface area (Å²) in [6.07, 6.45) is -0.0918. The van der Waals surface area contributed by atoms with E-state index in [-0.39, 0.29) is 11.4 Å². The smallest absolute Gasteiger partial charge is 0.101 e. The van der Waals surface area contributed by atoms with Gasteiger partial charge in [0.2, 0.25) is 0 Å². The minimum Gasteiger partial charge on any atom is -0.378 e. The van der Waals surface area contributed by atoms with Gasteiger partial charge in [0, 0.05) is 7.11 Å². The Hall–Kier alpha value is 0.0300. The number of ether oxygens (including phenoxy) is 2. The summed E-state index contributed by atoms with van der Waals surface area (Å²) in [4.78, 5) is 0. The van der Waals surface area contributed by atoms with E-state index in [1.165, 1.54) is 0 Å². The lowest BCUT2D eigenvalue weighted by atomic mass is 10.3. The van der Waals surface area contributed by atoms with Gasteiger partial charge in [-0.1, -0.05) is 0 Å². The SMILES string of the molecule is CO[C@H]1COC[C@H]1S(N)=O. The molecule has 0 saturated carbocycles. The molecule has 1 rings (SSSR count). The molecule has 1 unspecified atom stereocenters. The van der Waals surface area contributed by atoms with E-state index in [0.717, 1.165) is 0 Å². The zero-order valence-electron chi connectivity index (χ0n) is 5.78. The fourth-order valence-corrected chi connectivity index (χ4v) is 1.67. The van der Waals surface area contributed by atoms with Crippen LogP contribution in [0.15, 0.2) is 0 Å². The summed E-state index contributed by atoms with van der Waals surface area (Å²) >= 11 is 0. The van der Waals surface area contributed by atoms with E-state index in [2.05, 4.69) is 0 Å². The van der Waals surface area contributed by atoms with Crippen molar-refractivity contribution in [2.24, 2.45) is 5.14 Å². The van der Waals surface area contributed by atoms with Crippen molar-refractivity contribution in [3.63, 3.8) is 0 Å². The first-order valence-corrected chi connectivity index (χ1v) is 4.29. The minimum atomic E-state index is -1.32. The summed E-state index contributed by atoms with van der Waals surface area (Å²) in [5.74, 6) is 0. The van der Waals surface area contributed by atoms with Crippen LogP contribution in [0.2, 0.25) is 0 Å². The van der Waals surface area contributed by atoms with Crippen LogP contribution >= 0.6 is 0 Å². The quantitative estimate of drug-likeness (QED) is 0.572. The number of hydrogen-bond acceptors (Lipinski definition) is 3. The first kappa shape index (κ1) is 8.13. The van der Waals surface area contributed by atoms with Crippen LogP contribution in [0.5, 0.6) is 0 Å². The van der Waals surface area contributed by atoms with Crippen LogP contribution in [0.25, 0.3) is 0 Å². The van der Waals surface area contributed by atoms with E-state index in [9.17, 15) is 4.21 Å². The van der Waals surface area contributed by atoms with Gasteiger partial charge in [0.05, 0.1) is 30.3 Å². The minimum absolute atomic E-state index is 0.0918. The Bertz CT molecular complexity index is 141. The Balaban J connectivity index is 2.50. The molecule has 3 atom stereocenters. The van der Waals surface area contributed by atoms with Crippen LogP contribution in [0.1, 0.15) is 0 Å². The summed E-state index contributed by atoms with van der Waals surface area (Å²) in [7, 11) is 0.248. The average Bonchev–Trinajstić information content (AvgIpc) is 2.33. The number of nitrogens with two attached hydrogens (primary N) is 1. The van der Waals surface area contributed by atoms with Gasteiger partial charge >= 0.3 is 0 Å². The van der Waals surface area contributed by atoms with E-state index >= 15 is 0 Å². The molecule has 0 amide bonds. The van der Waals surface area contributed by atoms with Crippen LogP contribution in [0.3, 0.4) is 0 Å². The van der Waals surface area contributed by atoms with Crippen molar-refractivity contribution in [1.82, 2.24) is 0 Å². The molecule has 1 fully saturated rings. The van der Waals surface area contributed by atoms with Crippen LogP contribution in [0.4, 0.5) is 0 Å². The highest BCUT2D eigenvalue weighted by Crippen LogP contribution is 2.12. The van der Waals surface area contributed by atoms with Crippen LogP contribution in [-0.4, -0.2) is 35.9 Å². The molecule has 0 bridgehead atoms. The molecule has 0 aliphatic carbocycles. The normalized spacial score (nSPS) is 36.2. The molecule has 60 valence electrons. The van der Waals surface area contributed by atoms with Crippen molar-refractivity contribution in [2.75, 3.05) is 20.3 Å². The standard InChI is InChI=1S/C5H11NO3S/c1-8-4-2-9-3-5(4)10(6)7/h4-5H,2-3,6H2,1H3/t4-,5+,10?/m0/s1. The van der Waals surface area contributed by atoms with Gasteiger partial charge in [0.25, 0.3) is 0 Å². The maximum atomic E-state index is 10.7. The van der Waals surface area contributed by atoms with Crippen LogP contribution in [0, 0.1) is 0 Å². The lowest BCUT2D eigenvalue weighted by Crippen LogP contribution is -2.33. The predicted molar refractivity (Wildman–Crippen MR) is 37.7 cm³/mol. The zero-order valence-corrected chi connectivity index (χ0v) is 6.60. The van der Waals surface area contributed by atoms with E-state index in [4.69, 9.17) is 14.6 Å². The zero-order chi connectivity index (χ0) is 7.56. The third-order valence-electron chi connectivity index (χ3n) is 1.58. The maximum Gasteiger partial charge on any atom is 0.101 e. The molecular formula is C5H11NO3S. The topological polar surface area (TPSA) is 61.6 Å². The lowest BCUT2D eigenvalue weighted by Gasteiger charge is -2.11. The highest BCUT2D eigenvalue weighted by molar-refractivity contribution is 7.83. The van der Waals surface area contributed by atoms with Gasteiger partial charge in [-0.05, 0) is 0 Å². The van der Waals surface area contributed by atoms with Gasteiger partial charge in [-0.2, -0.15) is 0 Å². The first-order chi connectivity index (χ1) is 4.75. The van der Waals surface area contributed by atoms with Gasteiger partial charge in [0.1, 0.15) is 5.25 Å². The first-order valence-electron chi connectivity index (χ1n) is 3.01. The third kappa shape index (κ3) is 1.54. The molecule has 10 heavy (non-hydrogen) atoms. The molecular weight excluding hydrogens is 154 g/mol. The van der Waals surface area contributed by atoms with Gasteiger partial charge < -0.3 is 9.47 Å². The summed E-state index contributed by atoms with van der Waals surface area (Å²) in [5.41, 5.74) is 0. The average molecular weight is 165 g/mol. The van der Waals surface area contributed by atoms with Crippen molar-refractivity contribution in [1.29, 1.82) is 0 Å².